The second-order valence-corrected chi connectivity index (χ2v) is 5.02. The third kappa shape index (κ3) is 1.85. The zero-order valence-corrected chi connectivity index (χ0v) is 10.1. The number of hydrogen-bond donors (Lipinski definition) is 1. The first-order valence-electron chi connectivity index (χ1n) is 5.87. The SMILES string of the molecule is CN(C)C(c1ccncc1)C1(CO)CCC1. The molecule has 0 spiro atoms. The highest BCUT2D eigenvalue weighted by Gasteiger charge is 2.45. The summed E-state index contributed by atoms with van der Waals surface area (Å²) >= 11 is 0. The topological polar surface area (TPSA) is 36.4 Å². The Kier molecular flexibility index (Phi) is 3.26. The molecule has 1 aliphatic carbocycles. The van der Waals surface area contributed by atoms with Crippen molar-refractivity contribution >= 4 is 0 Å². The quantitative estimate of drug-likeness (QED) is 0.841. The molecule has 0 saturated heterocycles. The van der Waals surface area contributed by atoms with Crippen molar-refractivity contribution in [2.45, 2.75) is 25.3 Å². The van der Waals surface area contributed by atoms with Crippen LogP contribution in [0.15, 0.2) is 24.5 Å². The van der Waals surface area contributed by atoms with Crippen LogP contribution in [-0.2, 0) is 0 Å². The summed E-state index contributed by atoms with van der Waals surface area (Å²) in [7, 11) is 4.17. The first-order valence-corrected chi connectivity index (χ1v) is 5.87. The van der Waals surface area contributed by atoms with Crippen LogP contribution < -0.4 is 0 Å². The zero-order valence-electron chi connectivity index (χ0n) is 10.1. The Balaban J connectivity index is 2.31. The van der Waals surface area contributed by atoms with Gasteiger partial charge in [0, 0.05) is 23.9 Å². The molecule has 0 amide bonds. The van der Waals surface area contributed by atoms with E-state index < -0.39 is 0 Å². The van der Waals surface area contributed by atoms with Crippen LogP contribution in [0.4, 0.5) is 0 Å². The molecule has 1 aromatic rings. The molecule has 16 heavy (non-hydrogen) atoms. The van der Waals surface area contributed by atoms with Crippen LogP contribution in [0.2, 0.25) is 0 Å². The molecule has 3 heteroatoms. The van der Waals surface area contributed by atoms with Gasteiger partial charge in [-0.25, -0.2) is 0 Å². The zero-order chi connectivity index (χ0) is 11.6. The maximum atomic E-state index is 9.67. The normalized spacial score (nSPS) is 20.5. The van der Waals surface area contributed by atoms with E-state index in [1.54, 1.807) is 0 Å². The summed E-state index contributed by atoms with van der Waals surface area (Å²) in [4.78, 5) is 6.27. The maximum absolute atomic E-state index is 9.67. The molecule has 88 valence electrons. The van der Waals surface area contributed by atoms with Crippen molar-refractivity contribution in [2.24, 2.45) is 5.41 Å². The number of hydrogen-bond acceptors (Lipinski definition) is 3. The van der Waals surface area contributed by atoms with E-state index in [1.807, 2.05) is 12.4 Å². The van der Waals surface area contributed by atoms with Crippen LogP contribution in [0.5, 0.6) is 0 Å². The van der Waals surface area contributed by atoms with E-state index in [2.05, 4.69) is 36.1 Å². The van der Waals surface area contributed by atoms with Gasteiger partial charge in [0.25, 0.3) is 0 Å². The van der Waals surface area contributed by atoms with Crippen LogP contribution in [-0.4, -0.2) is 35.7 Å². The molecule has 2 rings (SSSR count). The number of rotatable bonds is 4. The number of nitrogens with zero attached hydrogens (tertiary/aromatic N) is 2. The van der Waals surface area contributed by atoms with Crippen molar-refractivity contribution in [1.82, 2.24) is 9.88 Å². The highest BCUT2D eigenvalue weighted by molar-refractivity contribution is 5.20. The van der Waals surface area contributed by atoms with Crippen molar-refractivity contribution in [2.75, 3.05) is 20.7 Å². The Morgan fingerprint density at radius 1 is 1.38 bits per heavy atom. The van der Waals surface area contributed by atoms with Crippen LogP contribution >= 0.6 is 0 Å². The van der Waals surface area contributed by atoms with E-state index >= 15 is 0 Å². The minimum absolute atomic E-state index is 0.0604. The second-order valence-electron chi connectivity index (χ2n) is 5.02. The molecule has 1 fully saturated rings. The van der Waals surface area contributed by atoms with Gasteiger partial charge >= 0.3 is 0 Å². The molecule has 1 saturated carbocycles. The van der Waals surface area contributed by atoms with E-state index in [0.717, 1.165) is 12.8 Å². The van der Waals surface area contributed by atoms with Gasteiger partial charge in [0.05, 0.1) is 6.61 Å². The Labute approximate surface area is 97.1 Å². The fraction of sp³-hybridized carbons (Fsp3) is 0.615. The van der Waals surface area contributed by atoms with Crippen molar-refractivity contribution in [3.05, 3.63) is 30.1 Å². The summed E-state index contributed by atoms with van der Waals surface area (Å²) in [5.41, 5.74) is 1.32. The lowest BCUT2D eigenvalue weighted by Crippen LogP contribution is -2.45. The van der Waals surface area contributed by atoms with Crippen LogP contribution in [0, 0.1) is 5.41 Å². The lowest BCUT2D eigenvalue weighted by molar-refractivity contribution is -0.0308. The molecule has 1 aliphatic rings. The summed E-state index contributed by atoms with van der Waals surface area (Å²) in [5.74, 6) is 0. The lowest BCUT2D eigenvalue weighted by Gasteiger charge is -2.49. The molecule has 0 aliphatic heterocycles. The third-order valence-corrected chi connectivity index (χ3v) is 3.78. The molecular formula is C13H20N2O. The van der Waals surface area contributed by atoms with E-state index in [-0.39, 0.29) is 12.0 Å². The molecule has 1 unspecified atom stereocenters. The summed E-state index contributed by atoms with van der Waals surface area (Å²) < 4.78 is 0. The average Bonchev–Trinajstić information content (AvgIpc) is 2.24. The van der Waals surface area contributed by atoms with Crippen molar-refractivity contribution in [3.8, 4) is 0 Å². The van der Waals surface area contributed by atoms with Crippen molar-refractivity contribution < 1.29 is 5.11 Å². The van der Waals surface area contributed by atoms with Gasteiger partial charge in [-0.15, -0.1) is 0 Å². The molecule has 1 heterocycles. The van der Waals surface area contributed by atoms with Gasteiger partial charge < -0.3 is 10.0 Å². The average molecular weight is 220 g/mol. The molecule has 0 radical (unpaired) electrons. The standard InChI is InChI=1S/C13H20N2O/c1-15(2)12(11-4-8-14-9-5-11)13(10-16)6-3-7-13/h4-5,8-9,12,16H,3,6-7,10H2,1-2H3. The molecule has 3 nitrogen and oxygen atoms in total. The summed E-state index contributed by atoms with van der Waals surface area (Å²) in [5, 5.41) is 9.67. The number of aliphatic hydroxyl groups excluding tert-OH is 1. The van der Waals surface area contributed by atoms with Gasteiger partial charge in [-0.2, -0.15) is 0 Å². The van der Waals surface area contributed by atoms with Crippen molar-refractivity contribution in [3.63, 3.8) is 0 Å². The minimum Gasteiger partial charge on any atom is -0.396 e. The smallest absolute Gasteiger partial charge is 0.0505 e. The van der Waals surface area contributed by atoms with Gasteiger partial charge in [-0.3, -0.25) is 4.98 Å². The second kappa shape index (κ2) is 4.52. The van der Waals surface area contributed by atoms with E-state index in [0.29, 0.717) is 6.04 Å². The first-order chi connectivity index (χ1) is 7.69. The van der Waals surface area contributed by atoms with Gasteiger partial charge in [-0.1, -0.05) is 6.42 Å². The van der Waals surface area contributed by atoms with Gasteiger partial charge in [0.1, 0.15) is 0 Å². The molecule has 1 aromatic heterocycles. The highest BCUT2D eigenvalue weighted by Crippen LogP contribution is 2.51. The fourth-order valence-corrected chi connectivity index (χ4v) is 2.89. The monoisotopic (exact) mass is 220 g/mol. The van der Waals surface area contributed by atoms with Crippen molar-refractivity contribution in [1.29, 1.82) is 0 Å². The van der Waals surface area contributed by atoms with Gasteiger partial charge in [0.15, 0.2) is 0 Å². The lowest BCUT2D eigenvalue weighted by atomic mass is 9.62. The number of aliphatic hydroxyl groups is 1. The Morgan fingerprint density at radius 3 is 2.38 bits per heavy atom. The van der Waals surface area contributed by atoms with Crippen LogP contribution in [0.3, 0.4) is 0 Å². The van der Waals surface area contributed by atoms with Gasteiger partial charge in [0.2, 0.25) is 0 Å². The number of pyridine rings is 1. The minimum atomic E-state index is 0.0604. The maximum Gasteiger partial charge on any atom is 0.0505 e. The highest BCUT2D eigenvalue weighted by atomic mass is 16.3. The third-order valence-electron chi connectivity index (χ3n) is 3.78. The molecule has 0 bridgehead atoms. The largest absolute Gasteiger partial charge is 0.396 e. The predicted molar refractivity (Wildman–Crippen MR) is 64.0 cm³/mol. The Hall–Kier alpha value is -0.930. The molecule has 1 atom stereocenters. The van der Waals surface area contributed by atoms with Crippen LogP contribution in [0.25, 0.3) is 0 Å². The fourth-order valence-electron chi connectivity index (χ4n) is 2.89. The van der Waals surface area contributed by atoms with E-state index in [9.17, 15) is 5.11 Å². The summed E-state index contributed by atoms with van der Waals surface area (Å²) in [6, 6.07) is 4.41. The Bertz CT molecular complexity index is 328. The first kappa shape index (κ1) is 11.6. The summed E-state index contributed by atoms with van der Waals surface area (Å²) in [6.45, 7) is 0.276. The molecule has 0 aromatic carbocycles. The van der Waals surface area contributed by atoms with Crippen LogP contribution in [0.1, 0.15) is 30.9 Å². The summed E-state index contributed by atoms with van der Waals surface area (Å²) in [6.07, 6.45) is 7.13. The molecular weight excluding hydrogens is 200 g/mol. The van der Waals surface area contributed by atoms with E-state index in [1.165, 1.54) is 12.0 Å². The predicted octanol–water partition coefficient (Wildman–Crippen LogP) is 1.85. The molecule has 1 N–H and O–H groups in total. The van der Waals surface area contributed by atoms with E-state index in [4.69, 9.17) is 0 Å². The number of aromatic nitrogens is 1. The van der Waals surface area contributed by atoms with Gasteiger partial charge in [-0.05, 0) is 44.6 Å². The Morgan fingerprint density at radius 2 is 2.00 bits per heavy atom.